The normalized spacial score (nSPS) is 45.6. The molecule has 0 unspecified atom stereocenters. The van der Waals surface area contributed by atoms with Crippen LogP contribution in [0.15, 0.2) is 0 Å². The lowest BCUT2D eigenvalue weighted by atomic mass is 9.48. The maximum absolute atomic E-state index is 2.37. The summed E-state index contributed by atoms with van der Waals surface area (Å²) in [6.45, 7) is 4.75. The van der Waals surface area contributed by atoms with Gasteiger partial charge in [0.1, 0.15) is 0 Å². The minimum atomic E-state index is 0.837. The van der Waals surface area contributed by atoms with E-state index < -0.39 is 0 Å². The van der Waals surface area contributed by atoms with Crippen LogP contribution < -0.4 is 0 Å². The Morgan fingerprint density at radius 1 is 0.938 bits per heavy atom. The van der Waals surface area contributed by atoms with Gasteiger partial charge in [-0.15, -0.1) is 0 Å². The molecule has 0 N–H and O–H groups in total. The largest absolute Gasteiger partial charge is 0.0628 e. The summed E-state index contributed by atoms with van der Waals surface area (Å²) in [6.07, 6.45) is 14.2. The molecular formula is C16H28. The molecule has 0 radical (unpaired) electrons. The first kappa shape index (κ1) is 11.1. The Balaban J connectivity index is 1.60. The third kappa shape index (κ3) is 2.05. The monoisotopic (exact) mass is 220 g/mol. The van der Waals surface area contributed by atoms with Gasteiger partial charge in [0.05, 0.1) is 0 Å². The molecule has 0 aromatic rings. The van der Waals surface area contributed by atoms with Gasteiger partial charge >= 0.3 is 0 Å². The smallest absolute Gasteiger partial charge is 0.0290 e. The van der Waals surface area contributed by atoms with Crippen molar-refractivity contribution < 1.29 is 0 Å². The molecular weight excluding hydrogens is 192 g/mol. The highest BCUT2D eigenvalue weighted by molar-refractivity contribution is 5.01. The van der Waals surface area contributed by atoms with E-state index in [4.69, 9.17) is 0 Å². The molecule has 0 aromatic carbocycles. The van der Waals surface area contributed by atoms with Gasteiger partial charge in [-0.3, -0.25) is 0 Å². The van der Waals surface area contributed by atoms with Crippen molar-refractivity contribution in [1.29, 1.82) is 0 Å². The first-order valence-corrected chi connectivity index (χ1v) is 7.65. The van der Waals surface area contributed by atoms with Crippen LogP contribution in [0.1, 0.15) is 71.6 Å². The van der Waals surface area contributed by atoms with Crippen LogP contribution in [-0.2, 0) is 0 Å². The maximum atomic E-state index is 2.37. The summed E-state index contributed by atoms with van der Waals surface area (Å²) in [7, 11) is 0. The van der Waals surface area contributed by atoms with Gasteiger partial charge in [-0.1, -0.05) is 26.7 Å². The van der Waals surface area contributed by atoms with Gasteiger partial charge in [0.2, 0.25) is 0 Å². The van der Waals surface area contributed by atoms with Gasteiger partial charge in [-0.25, -0.2) is 0 Å². The average Bonchev–Trinajstić information content (AvgIpc) is 2.13. The molecule has 16 heavy (non-hydrogen) atoms. The quantitative estimate of drug-likeness (QED) is 0.623. The lowest BCUT2D eigenvalue weighted by molar-refractivity contribution is -0.0586. The summed E-state index contributed by atoms with van der Waals surface area (Å²) < 4.78 is 0. The van der Waals surface area contributed by atoms with E-state index in [2.05, 4.69) is 13.8 Å². The Morgan fingerprint density at radius 2 is 1.44 bits per heavy atom. The predicted octanol–water partition coefficient (Wildman–Crippen LogP) is 5.03. The topological polar surface area (TPSA) is 0 Å². The molecule has 92 valence electrons. The van der Waals surface area contributed by atoms with Crippen LogP contribution >= 0.6 is 0 Å². The number of hydrogen-bond acceptors (Lipinski definition) is 0. The second-order valence-electron chi connectivity index (χ2n) is 7.70. The fourth-order valence-corrected chi connectivity index (χ4v) is 5.48. The molecule has 0 nitrogen and oxygen atoms in total. The van der Waals surface area contributed by atoms with Crippen molar-refractivity contribution in [2.24, 2.45) is 29.1 Å². The van der Waals surface area contributed by atoms with Gasteiger partial charge in [0.25, 0.3) is 0 Å². The van der Waals surface area contributed by atoms with Crippen LogP contribution in [0.4, 0.5) is 0 Å². The van der Waals surface area contributed by atoms with E-state index in [-0.39, 0.29) is 0 Å². The highest BCUT2D eigenvalue weighted by atomic mass is 14.5. The van der Waals surface area contributed by atoms with Crippen LogP contribution in [-0.4, -0.2) is 0 Å². The predicted molar refractivity (Wildman–Crippen MR) is 69.3 cm³/mol. The molecule has 0 heterocycles. The summed E-state index contributed by atoms with van der Waals surface area (Å²) in [5.74, 6) is 4.34. The van der Waals surface area contributed by atoms with Gasteiger partial charge in [-0.05, 0) is 74.0 Å². The highest BCUT2D eigenvalue weighted by Gasteiger charge is 2.50. The molecule has 4 rings (SSSR count). The Kier molecular flexibility index (Phi) is 2.80. The lowest BCUT2D eigenvalue weighted by Gasteiger charge is -2.57. The molecule has 0 spiro atoms. The molecule has 0 atom stereocenters. The summed E-state index contributed by atoms with van der Waals surface area (Å²) in [5, 5.41) is 0. The van der Waals surface area contributed by atoms with Crippen molar-refractivity contribution >= 4 is 0 Å². The van der Waals surface area contributed by atoms with Crippen molar-refractivity contribution in [1.82, 2.24) is 0 Å². The minimum Gasteiger partial charge on any atom is -0.0628 e. The molecule has 4 aliphatic rings. The van der Waals surface area contributed by atoms with E-state index in [0.29, 0.717) is 0 Å². The molecule has 0 aliphatic heterocycles. The molecule has 0 saturated heterocycles. The van der Waals surface area contributed by atoms with Gasteiger partial charge < -0.3 is 0 Å². The van der Waals surface area contributed by atoms with Crippen LogP contribution in [0.3, 0.4) is 0 Å². The zero-order chi connectivity index (χ0) is 11.2. The van der Waals surface area contributed by atoms with Crippen LogP contribution in [0.5, 0.6) is 0 Å². The first-order chi connectivity index (χ1) is 7.65. The molecule has 4 bridgehead atoms. The van der Waals surface area contributed by atoms with Crippen LogP contribution in [0, 0.1) is 29.1 Å². The third-order valence-electron chi connectivity index (χ3n) is 5.65. The summed E-state index contributed by atoms with van der Waals surface area (Å²) in [6, 6.07) is 0. The van der Waals surface area contributed by atoms with Gasteiger partial charge in [0.15, 0.2) is 0 Å². The van der Waals surface area contributed by atoms with E-state index in [1.165, 1.54) is 12.8 Å². The van der Waals surface area contributed by atoms with Crippen molar-refractivity contribution in [2.75, 3.05) is 0 Å². The molecule has 0 amide bonds. The van der Waals surface area contributed by atoms with Gasteiger partial charge in [-0.2, -0.15) is 0 Å². The summed E-state index contributed by atoms with van der Waals surface area (Å²) >= 11 is 0. The minimum absolute atomic E-state index is 0.837. The fraction of sp³-hybridized carbons (Fsp3) is 1.00. The van der Waals surface area contributed by atoms with Crippen molar-refractivity contribution in [3.63, 3.8) is 0 Å². The second-order valence-corrected chi connectivity index (χ2v) is 7.70. The van der Waals surface area contributed by atoms with E-state index >= 15 is 0 Å². The fourth-order valence-electron chi connectivity index (χ4n) is 5.48. The zero-order valence-corrected chi connectivity index (χ0v) is 11.2. The first-order valence-electron chi connectivity index (χ1n) is 7.65. The van der Waals surface area contributed by atoms with Crippen molar-refractivity contribution in [3.8, 4) is 0 Å². The second kappa shape index (κ2) is 4.03. The lowest BCUT2D eigenvalue weighted by Crippen LogP contribution is -2.45. The molecule has 4 aliphatic carbocycles. The summed E-state index contributed by atoms with van der Waals surface area (Å²) in [4.78, 5) is 0. The molecule has 0 heteroatoms. The third-order valence-corrected chi connectivity index (χ3v) is 5.65. The van der Waals surface area contributed by atoms with Crippen molar-refractivity contribution in [3.05, 3.63) is 0 Å². The Labute approximate surface area is 101 Å². The van der Waals surface area contributed by atoms with Crippen LogP contribution in [0.2, 0.25) is 0 Å². The maximum Gasteiger partial charge on any atom is -0.0290 e. The number of rotatable bonds is 4. The van der Waals surface area contributed by atoms with E-state index in [0.717, 1.165) is 29.1 Å². The molecule has 4 saturated carbocycles. The zero-order valence-electron chi connectivity index (χ0n) is 11.2. The van der Waals surface area contributed by atoms with E-state index in [9.17, 15) is 0 Å². The van der Waals surface area contributed by atoms with Gasteiger partial charge in [0, 0.05) is 0 Å². The van der Waals surface area contributed by atoms with Crippen LogP contribution in [0.25, 0.3) is 0 Å². The molecule has 0 aromatic heterocycles. The molecule has 4 fully saturated rings. The van der Waals surface area contributed by atoms with E-state index in [1.54, 1.807) is 44.9 Å². The Morgan fingerprint density at radius 3 is 1.88 bits per heavy atom. The average molecular weight is 220 g/mol. The highest BCUT2D eigenvalue weighted by Crippen LogP contribution is 2.61. The summed E-state index contributed by atoms with van der Waals surface area (Å²) in [5.41, 5.74) is 0.837. The van der Waals surface area contributed by atoms with Crippen molar-refractivity contribution in [2.45, 2.75) is 71.6 Å². The standard InChI is InChI=1S/C16H28/c1-12(2)4-3-5-16-9-13-6-14(10-16)8-15(7-13)11-16/h12-15H,3-11H2,1-2H3. The Bertz CT molecular complexity index is 215. The number of hydrogen-bond donors (Lipinski definition) is 0. The Hall–Kier alpha value is 0. The van der Waals surface area contributed by atoms with E-state index in [1.807, 2.05) is 0 Å². The SMILES string of the molecule is CC(C)CCCC12CC3CC(CC(C3)C1)C2.